The zero-order valence-corrected chi connectivity index (χ0v) is 14.9. The maximum Gasteiger partial charge on any atom is 0.260 e. The Morgan fingerprint density at radius 1 is 1.22 bits per heavy atom. The van der Waals surface area contributed by atoms with Crippen molar-refractivity contribution in [1.82, 2.24) is 4.90 Å². The van der Waals surface area contributed by atoms with E-state index in [2.05, 4.69) is 0 Å². The molecule has 2 atom stereocenters. The molecule has 2 N–H and O–H groups in total. The van der Waals surface area contributed by atoms with E-state index in [1.807, 2.05) is 32.6 Å². The highest BCUT2D eigenvalue weighted by Gasteiger charge is 2.24. The summed E-state index contributed by atoms with van der Waals surface area (Å²) in [6, 6.07) is 4.83. The second kappa shape index (κ2) is 8.77. The van der Waals surface area contributed by atoms with Crippen LogP contribution in [0.4, 0.5) is 0 Å². The molecule has 23 heavy (non-hydrogen) atoms. The lowest BCUT2D eigenvalue weighted by molar-refractivity contribution is -0.137. The number of carbonyl (C=O) groups excluding carboxylic acids is 2. The van der Waals surface area contributed by atoms with E-state index in [1.165, 1.54) is 6.07 Å². The molecular formula is C17H25ClN2O3. The summed E-state index contributed by atoms with van der Waals surface area (Å²) in [4.78, 5) is 25.8. The van der Waals surface area contributed by atoms with E-state index in [0.29, 0.717) is 5.02 Å². The minimum absolute atomic E-state index is 0.112. The van der Waals surface area contributed by atoms with Gasteiger partial charge in [-0.05, 0) is 44.9 Å². The molecule has 0 heterocycles. The maximum absolute atomic E-state index is 12.5. The minimum Gasteiger partial charge on any atom is -0.483 e. The van der Waals surface area contributed by atoms with Gasteiger partial charge in [-0.15, -0.1) is 0 Å². The summed E-state index contributed by atoms with van der Waals surface area (Å²) >= 11 is 5.86. The van der Waals surface area contributed by atoms with Crippen LogP contribution in [-0.4, -0.2) is 35.4 Å². The van der Waals surface area contributed by atoms with Gasteiger partial charge in [0.1, 0.15) is 5.75 Å². The van der Waals surface area contributed by atoms with E-state index in [1.54, 1.807) is 12.1 Å². The smallest absolute Gasteiger partial charge is 0.260 e. The summed E-state index contributed by atoms with van der Waals surface area (Å²) in [5.74, 6) is -0.488. The van der Waals surface area contributed by atoms with Gasteiger partial charge in [-0.3, -0.25) is 9.59 Å². The molecule has 1 aromatic rings. The van der Waals surface area contributed by atoms with Crippen molar-refractivity contribution in [1.29, 1.82) is 0 Å². The highest BCUT2D eigenvalue weighted by Crippen LogP contribution is 2.23. The van der Waals surface area contributed by atoms with Gasteiger partial charge >= 0.3 is 0 Å². The molecule has 5 nitrogen and oxygen atoms in total. The second-order valence-electron chi connectivity index (χ2n) is 5.61. The molecule has 0 saturated heterocycles. The average molecular weight is 341 g/mol. The highest BCUT2D eigenvalue weighted by atomic mass is 35.5. The molecule has 0 aliphatic heterocycles. The van der Waals surface area contributed by atoms with E-state index in [0.717, 1.165) is 12.8 Å². The Bertz CT molecular complexity index is 553. The summed E-state index contributed by atoms with van der Waals surface area (Å²) in [5, 5.41) is 0.387. The fourth-order valence-electron chi connectivity index (χ4n) is 2.35. The second-order valence-corrected chi connectivity index (χ2v) is 6.05. The lowest BCUT2D eigenvalue weighted by Gasteiger charge is -2.34. The van der Waals surface area contributed by atoms with Gasteiger partial charge in [0.25, 0.3) is 11.8 Å². The van der Waals surface area contributed by atoms with Gasteiger partial charge in [0.15, 0.2) is 6.61 Å². The fraction of sp³-hybridized carbons (Fsp3) is 0.529. The molecule has 0 saturated carbocycles. The van der Waals surface area contributed by atoms with Crippen molar-refractivity contribution < 1.29 is 14.3 Å². The van der Waals surface area contributed by atoms with Crippen LogP contribution in [0.2, 0.25) is 5.02 Å². The number of hydrogen-bond acceptors (Lipinski definition) is 3. The van der Waals surface area contributed by atoms with Crippen LogP contribution in [0.5, 0.6) is 5.75 Å². The third-order valence-electron chi connectivity index (χ3n) is 3.98. The summed E-state index contributed by atoms with van der Waals surface area (Å²) in [5.41, 5.74) is 5.49. The standard InChI is InChI=1S/C17H25ClN2O3/c1-5-11(3)20(12(4)6-2)16(21)10-23-15-8-7-13(18)9-14(15)17(19)22/h7-9,11-12H,5-6,10H2,1-4H3,(H2,19,22)/t11-,12-/m0/s1. The van der Waals surface area contributed by atoms with Crippen molar-refractivity contribution in [2.75, 3.05) is 6.61 Å². The van der Waals surface area contributed by atoms with Crippen LogP contribution in [0.1, 0.15) is 50.9 Å². The Morgan fingerprint density at radius 2 is 1.78 bits per heavy atom. The van der Waals surface area contributed by atoms with Crippen LogP contribution >= 0.6 is 11.6 Å². The number of ether oxygens (including phenoxy) is 1. The van der Waals surface area contributed by atoms with Crippen molar-refractivity contribution >= 4 is 23.4 Å². The minimum atomic E-state index is -0.643. The third kappa shape index (κ3) is 5.13. The van der Waals surface area contributed by atoms with Crippen molar-refractivity contribution in [3.63, 3.8) is 0 Å². The van der Waals surface area contributed by atoms with Crippen molar-refractivity contribution in [2.45, 2.75) is 52.6 Å². The lowest BCUT2D eigenvalue weighted by atomic mass is 10.1. The normalized spacial score (nSPS) is 13.3. The summed E-state index contributed by atoms with van der Waals surface area (Å²) < 4.78 is 5.53. The zero-order chi connectivity index (χ0) is 17.6. The number of rotatable bonds is 8. The average Bonchev–Trinajstić information content (AvgIpc) is 2.53. The van der Waals surface area contributed by atoms with E-state index in [9.17, 15) is 9.59 Å². The van der Waals surface area contributed by atoms with Crippen molar-refractivity contribution in [3.05, 3.63) is 28.8 Å². The molecule has 0 aliphatic carbocycles. The summed E-state index contributed by atoms with van der Waals surface area (Å²) in [7, 11) is 0. The van der Waals surface area contributed by atoms with Crippen LogP contribution in [0.15, 0.2) is 18.2 Å². The molecule has 0 bridgehead atoms. The molecule has 0 fully saturated rings. The quantitative estimate of drug-likeness (QED) is 0.789. The molecule has 6 heteroatoms. The van der Waals surface area contributed by atoms with Gasteiger partial charge in [-0.2, -0.15) is 0 Å². The molecule has 0 aliphatic rings. The van der Waals surface area contributed by atoms with Crippen LogP contribution < -0.4 is 10.5 Å². The predicted molar refractivity (Wildman–Crippen MR) is 91.8 cm³/mol. The van der Waals surface area contributed by atoms with E-state index in [4.69, 9.17) is 22.1 Å². The first-order valence-electron chi connectivity index (χ1n) is 7.85. The highest BCUT2D eigenvalue weighted by molar-refractivity contribution is 6.31. The molecular weight excluding hydrogens is 316 g/mol. The predicted octanol–water partition coefficient (Wildman–Crippen LogP) is 3.24. The first-order chi connectivity index (χ1) is 10.8. The number of hydrogen-bond donors (Lipinski definition) is 1. The summed E-state index contributed by atoms with van der Waals surface area (Å²) in [6.45, 7) is 7.97. The number of benzene rings is 1. The largest absolute Gasteiger partial charge is 0.483 e. The monoisotopic (exact) mass is 340 g/mol. The number of amides is 2. The fourth-order valence-corrected chi connectivity index (χ4v) is 2.53. The Hall–Kier alpha value is -1.75. The van der Waals surface area contributed by atoms with Gasteiger partial charge in [0.05, 0.1) is 5.56 Å². The summed E-state index contributed by atoms with van der Waals surface area (Å²) in [6.07, 6.45) is 1.73. The lowest BCUT2D eigenvalue weighted by Crippen LogP contribution is -2.46. The molecule has 1 aromatic carbocycles. The zero-order valence-electron chi connectivity index (χ0n) is 14.1. The van der Waals surface area contributed by atoms with Crippen LogP contribution in [0.3, 0.4) is 0 Å². The number of nitrogens with zero attached hydrogens (tertiary/aromatic N) is 1. The van der Waals surface area contributed by atoms with Crippen molar-refractivity contribution in [2.24, 2.45) is 5.73 Å². The molecule has 1 rings (SSSR count). The molecule has 0 aromatic heterocycles. The molecule has 2 amide bonds. The number of nitrogens with two attached hydrogens (primary N) is 1. The van der Waals surface area contributed by atoms with Crippen LogP contribution in [0.25, 0.3) is 0 Å². The van der Waals surface area contributed by atoms with Gasteiger partial charge < -0.3 is 15.4 Å². The van der Waals surface area contributed by atoms with E-state index in [-0.39, 0.29) is 35.9 Å². The molecule has 0 spiro atoms. The van der Waals surface area contributed by atoms with Gasteiger partial charge in [0.2, 0.25) is 0 Å². The third-order valence-corrected chi connectivity index (χ3v) is 4.21. The number of primary amides is 1. The van der Waals surface area contributed by atoms with Crippen LogP contribution in [-0.2, 0) is 4.79 Å². The number of carbonyl (C=O) groups is 2. The Balaban J connectivity index is 2.87. The first-order valence-corrected chi connectivity index (χ1v) is 8.22. The molecule has 0 radical (unpaired) electrons. The van der Waals surface area contributed by atoms with Gasteiger partial charge in [-0.1, -0.05) is 25.4 Å². The van der Waals surface area contributed by atoms with E-state index < -0.39 is 5.91 Å². The van der Waals surface area contributed by atoms with Crippen LogP contribution in [0, 0.1) is 0 Å². The topological polar surface area (TPSA) is 72.6 Å². The molecule has 128 valence electrons. The number of halogens is 1. The first kappa shape index (κ1) is 19.3. The van der Waals surface area contributed by atoms with Gasteiger partial charge in [-0.25, -0.2) is 0 Å². The Morgan fingerprint density at radius 3 is 2.26 bits per heavy atom. The maximum atomic E-state index is 12.5. The van der Waals surface area contributed by atoms with Gasteiger partial charge in [0, 0.05) is 17.1 Å². The Labute approximate surface area is 142 Å². The SMILES string of the molecule is CC[C@H](C)N(C(=O)COc1ccc(Cl)cc1C(N)=O)[C@@H](C)CC. The van der Waals surface area contributed by atoms with E-state index >= 15 is 0 Å². The van der Waals surface area contributed by atoms with Crippen molar-refractivity contribution in [3.8, 4) is 5.75 Å². The molecule has 0 unspecified atom stereocenters. The Kier molecular flexibility index (Phi) is 7.36.